The Labute approximate surface area is 139 Å². The monoisotopic (exact) mass is 313 g/mol. The molecule has 0 bridgehead atoms. The Balaban J connectivity index is 1.90. The first-order chi connectivity index (χ1) is 11.3. The number of unbranched alkanes of at least 4 members (excludes halogenated alkanes) is 1. The van der Waals surface area contributed by atoms with Crippen LogP contribution in [-0.2, 0) is 13.0 Å². The maximum absolute atomic E-state index is 5.95. The summed E-state index contributed by atoms with van der Waals surface area (Å²) in [5.41, 5.74) is 2.50. The molecule has 0 aliphatic carbocycles. The number of ether oxygens (including phenoxy) is 2. The van der Waals surface area contributed by atoms with Crippen molar-refractivity contribution in [3.63, 3.8) is 0 Å². The van der Waals surface area contributed by atoms with Crippen LogP contribution in [0.1, 0.15) is 30.9 Å². The Bertz CT molecular complexity index is 569. The minimum Gasteiger partial charge on any atom is -0.493 e. The molecule has 0 saturated heterocycles. The van der Waals surface area contributed by atoms with Crippen molar-refractivity contribution in [3.8, 4) is 11.5 Å². The van der Waals surface area contributed by atoms with E-state index in [0.717, 1.165) is 56.0 Å². The highest BCUT2D eigenvalue weighted by Gasteiger charge is 2.10. The number of hydrogen-bond acceptors (Lipinski definition) is 3. The van der Waals surface area contributed by atoms with Gasteiger partial charge in [0, 0.05) is 12.1 Å². The first kappa shape index (κ1) is 17.4. The Morgan fingerprint density at radius 2 is 1.83 bits per heavy atom. The third-order valence-electron chi connectivity index (χ3n) is 3.77. The first-order valence-corrected chi connectivity index (χ1v) is 8.38. The van der Waals surface area contributed by atoms with Gasteiger partial charge in [0.15, 0.2) is 11.5 Å². The maximum atomic E-state index is 5.95. The Morgan fingerprint density at radius 3 is 2.57 bits per heavy atom. The van der Waals surface area contributed by atoms with Crippen LogP contribution in [0.5, 0.6) is 11.5 Å². The fraction of sp³-hybridized carbons (Fsp3) is 0.400. The van der Waals surface area contributed by atoms with Crippen molar-refractivity contribution in [1.29, 1.82) is 0 Å². The molecule has 0 radical (unpaired) electrons. The van der Waals surface area contributed by atoms with Gasteiger partial charge in [-0.15, -0.1) is 0 Å². The molecule has 0 fully saturated rings. The van der Waals surface area contributed by atoms with Crippen LogP contribution in [-0.4, -0.2) is 20.3 Å². The predicted octanol–water partition coefficient (Wildman–Crippen LogP) is 4.21. The van der Waals surface area contributed by atoms with Gasteiger partial charge in [0.25, 0.3) is 0 Å². The normalized spacial score (nSPS) is 10.5. The van der Waals surface area contributed by atoms with E-state index in [1.54, 1.807) is 7.11 Å². The summed E-state index contributed by atoms with van der Waals surface area (Å²) in [6.45, 7) is 4.62. The van der Waals surface area contributed by atoms with Gasteiger partial charge >= 0.3 is 0 Å². The molecular formula is C20H27NO2. The SMILES string of the molecule is CCCCOc1c(CNCCc2ccccc2)cccc1OC. The molecule has 3 nitrogen and oxygen atoms in total. The molecule has 23 heavy (non-hydrogen) atoms. The van der Waals surface area contributed by atoms with Crippen LogP contribution in [0.25, 0.3) is 0 Å². The van der Waals surface area contributed by atoms with Crippen molar-refractivity contribution < 1.29 is 9.47 Å². The second-order valence-corrected chi connectivity index (χ2v) is 5.56. The average molecular weight is 313 g/mol. The summed E-state index contributed by atoms with van der Waals surface area (Å²) >= 11 is 0. The molecule has 0 heterocycles. The van der Waals surface area contributed by atoms with Crippen LogP contribution in [0.15, 0.2) is 48.5 Å². The van der Waals surface area contributed by atoms with Gasteiger partial charge in [0.2, 0.25) is 0 Å². The zero-order valence-electron chi connectivity index (χ0n) is 14.2. The van der Waals surface area contributed by atoms with E-state index in [-0.39, 0.29) is 0 Å². The number of benzene rings is 2. The quantitative estimate of drug-likeness (QED) is 0.667. The standard InChI is InChI=1S/C20H27NO2/c1-3-4-15-23-20-18(11-8-12-19(20)22-2)16-21-14-13-17-9-6-5-7-10-17/h5-12,21H,3-4,13-16H2,1-2H3. The zero-order chi connectivity index (χ0) is 16.3. The van der Waals surface area contributed by atoms with Crippen LogP contribution < -0.4 is 14.8 Å². The molecule has 2 rings (SSSR count). The second-order valence-electron chi connectivity index (χ2n) is 5.56. The molecule has 124 valence electrons. The van der Waals surface area contributed by atoms with Gasteiger partial charge < -0.3 is 14.8 Å². The highest BCUT2D eigenvalue weighted by Crippen LogP contribution is 2.31. The van der Waals surface area contributed by atoms with Gasteiger partial charge in [0.05, 0.1) is 13.7 Å². The lowest BCUT2D eigenvalue weighted by Gasteiger charge is -2.15. The van der Waals surface area contributed by atoms with Gasteiger partial charge in [-0.1, -0.05) is 55.8 Å². The van der Waals surface area contributed by atoms with Crippen LogP contribution in [0.4, 0.5) is 0 Å². The molecule has 3 heteroatoms. The number of hydrogen-bond donors (Lipinski definition) is 1. The van der Waals surface area contributed by atoms with Gasteiger partial charge in [-0.05, 0) is 31.0 Å². The van der Waals surface area contributed by atoms with E-state index < -0.39 is 0 Å². The fourth-order valence-electron chi connectivity index (χ4n) is 2.44. The summed E-state index contributed by atoms with van der Waals surface area (Å²) in [6, 6.07) is 16.6. The van der Waals surface area contributed by atoms with E-state index in [1.807, 2.05) is 18.2 Å². The zero-order valence-corrected chi connectivity index (χ0v) is 14.2. The van der Waals surface area contributed by atoms with E-state index in [4.69, 9.17) is 9.47 Å². The summed E-state index contributed by atoms with van der Waals surface area (Å²) in [5, 5.41) is 3.50. The Kier molecular flexibility index (Phi) is 7.47. The van der Waals surface area contributed by atoms with Gasteiger partial charge in [0.1, 0.15) is 0 Å². The summed E-state index contributed by atoms with van der Waals surface area (Å²) in [6.07, 6.45) is 3.20. The van der Waals surface area contributed by atoms with Crippen molar-refractivity contribution >= 4 is 0 Å². The largest absolute Gasteiger partial charge is 0.493 e. The summed E-state index contributed by atoms with van der Waals surface area (Å²) in [5.74, 6) is 1.68. The molecule has 1 N–H and O–H groups in total. The van der Waals surface area contributed by atoms with Crippen molar-refractivity contribution in [3.05, 3.63) is 59.7 Å². The molecule has 0 saturated carbocycles. The molecule has 0 atom stereocenters. The van der Waals surface area contributed by atoms with Crippen LogP contribution in [0.2, 0.25) is 0 Å². The Morgan fingerprint density at radius 1 is 1.00 bits per heavy atom. The van der Waals surface area contributed by atoms with E-state index in [2.05, 4.69) is 42.6 Å². The van der Waals surface area contributed by atoms with E-state index in [9.17, 15) is 0 Å². The fourth-order valence-corrected chi connectivity index (χ4v) is 2.44. The van der Waals surface area contributed by atoms with E-state index in [1.165, 1.54) is 5.56 Å². The molecule has 0 amide bonds. The van der Waals surface area contributed by atoms with Gasteiger partial charge in [-0.2, -0.15) is 0 Å². The first-order valence-electron chi connectivity index (χ1n) is 8.38. The molecule has 0 unspecified atom stereocenters. The third kappa shape index (κ3) is 5.61. The van der Waals surface area contributed by atoms with E-state index >= 15 is 0 Å². The number of nitrogens with one attached hydrogen (secondary N) is 1. The molecule has 0 aliphatic heterocycles. The lowest BCUT2D eigenvalue weighted by Crippen LogP contribution is -2.17. The molecule has 0 aromatic heterocycles. The maximum Gasteiger partial charge on any atom is 0.165 e. The van der Waals surface area contributed by atoms with Crippen LogP contribution in [0.3, 0.4) is 0 Å². The average Bonchev–Trinajstić information content (AvgIpc) is 2.60. The van der Waals surface area contributed by atoms with Crippen molar-refractivity contribution in [2.24, 2.45) is 0 Å². The highest BCUT2D eigenvalue weighted by atomic mass is 16.5. The van der Waals surface area contributed by atoms with Crippen molar-refractivity contribution in [1.82, 2.24) is 5.32 Å². The number of rotatable bonds is 10. The van der Waals surface area contributed by atoms with Crippen molar-refractivity contribution in [2.75, 3.05) is 20.3 Å². The molecule has 0 aliphatic rings. The van der Waals surface area contributed by atoms with Crippen LogP contribution in [0, 0.1) is 0 Å². The van der Waals surface area contributed by atoms with Gasteiger partial charge in [-0.3, -0.25) is 0 Å². The topological polar surface area (TPSA) is 30.5 Å². The Hall–Kier alpha value is -2.00. The lowest BCUT2D eigenvalue weighted by atomic mass is 10.1. The third-order valence-corrected chi connectivity index (χ3v) is 3.77. The van der Waals surface area contributed by atoms with Crippen LogP contribution >= 0.6 is 0 Å². The minimum atomic E-state index is 0.730. The molecule has 2 aromatic rings. The second kappa shape index (κ2) is 9.90. The summed E-state index contributed by atoms with van der Waals surface area (Å²) < 4.78 is 11.4. The molecule has 0 spiro atoms. The smallest absolute Gasteiger partial charge is 0.165 e. The lowest BCUT2D eigenvalue weighted by molar-refractivity contribution is 0.284. The predicted molar refractivity (Wildman–Crippen MR) is 95.2 cm³/mol. The number of para-hydroxylation sites is 1. The highest BCUT2D eigenvalue weighted by molar-refractivity contribution is 5.46. The summed E-state index contributed by atoms with van der Waals surface area (Å²) in [7, 11) is 1.69. The minimum absolute atomic E-state index is 0.730. The van der Waals surface area contributed by atoms with E-state index in [0.29, 0.717) is 0 Å². The van der Waals surface area contributed by atoms with Gasteiger partial charge in [-0.25, -0.2) is 0 Å². The summed E-state index contributed by atoms with van der Waals surface area (Å²) in [4.78, 5) is 0. The molecular weight excluding hydrogens is 286 g/mol. The number of methoxy groups -OCH3 is 1. The van der Waals surface area contributed by atoms with Crippen molar-refractivity contribution in [2.45, 2.75) is 32.7 Å². The molecule has 2 aromatic carbocycles.